The lowest BCUT2D eigenvalue weighted by Gasteiger charge is -2.32. The fourth-order valence-corrected chi connectivity index (χ4v) is 3.10. The van der Waals surface area contributed by atoms with Gasteiger partial charge < -0.3 is 13.7 Å². The van der Waals surface area contributed by atoms with E-state index in [1.807, 2.05) is 45.9 Å². The van der Waals surface area contributed by atoms with Gasteiger partial charge in [-0.05, 0) is 64.9 Å². The number of hydrogen-bond donors (Lipinski definition) is 0. The maximum Gasteiger partial charge on any atom is 0.494 e. The number of halogens is 1. The molecule has 0 N–H and O–H groups in total. The van der Waals surface area contributed by atoms with Crippen LogP contribution in [0.15, 0.2) is 18.2 Å². The molecule has 2 rings (SSSR count). The SMILES string of the molecule is CC1(C)OB(c2ccc(Cl)c(O[Si](C)(C)C)c2)OC1(C)C. The second-order valence-corrected chi connectivity index (χ2v) is 12.3. The first-order chi connectivity index (χ1) is 9.41. The highest BCUT2D eigenvalue weighted by molar-refractivity contribution is 6.70. The second-order valence-electron chi connectivity index (χ2n) is 7.49. The molecular formula is C15H24BClO3Si. The van der Waals surface area contributed by atoms with Crippen molar-refractivity contribution >= 4 is 32.5 Å². The summed E-state index contributed by atoms with van der Waals surface area (Å²) in [4.78, 5) is 0. The van der Waals surface area contributed by atoms with Gasteiger partial charge in [-0.1, -0.05) is 17.7 Å². The Kier molecular flexibility index (Phi) is 4.26. The third-order valence-corrected chi connectivity index (χ3v) is 5.04. The van der Waals surface area contributed by atoms with Crippen LogP contribution in [0.5, 0.6) is 5.75 Å². The topological polar surface area (TPSA) is 27.7 Å². The molecule has 1 aromatic rings. The van der Waals surface area contributed by atoms with Crippen LogP contribution in [0.4, 0.5) is 0 Å². The first-order valence-corrected chi connectivity index (χ1v) is 11.0. The van der Waals surface area contributed by atoms with E-state index in [0.717, 1.165) is 5.46 Å². The van der Waals surface area contributed by atoms with Crippen LogP contribution in [0.2, 0.25) is 24.7 Å². The smallest absolute Gasteiger partial charge is 0.494 e. The van der Waals surface area contributed by atoms with Gasteiger partial charge in [0.15, 0.2) is 0 Å². The van der Waals surface area contributed by atoms with E-state index in [2.05, 4.69) is 19.6 Å². The van der Waals surface area contributed by atoms with Gasteiger partial charge >= 0.3 is 7.12 Å². The van der Waals surface area contributed by atoms with Crippen molar-refractivity contribution < 1.29 is 13.7 Å². The third kappa shape index (κ3) is 3.65. The lowest BCUT2D eigenvalue weighted by Crippen LogP contribution is -2.41. The fraction of sp³-hybridized carbons (Fsp3) is 0.600. The molecule has 1 aliphatic rings. The molecule has 1 aromatic carbocycles. The van der Waals surface area contributed by atoms with Gasteiger partial charge in [-0.15, -0.1) is 0 Å². The highest BCUT2D eigenvalue weighted by Gasteiger charge is 2.51. The molecule has 0 aromatic heterocycles. The molecule has 0 saturated carbocycles. The Morgan fingerprint density at radius 1 is 1.05 bits per heavy atom. The van der Waals surface area contributed by atoms with Crippen molar-refractivity contribution in [2.45, 2.75) is 58.5 Å². The zero-order valence-corrected chi connectivity index (χ0v) is 15.7. The lowest BCUT2D eigenvalue weighted by molar-refractivity contribution is 0.00578. The monoisotopic (exact) mass is 326 g/mol. The molecule has 116 valence electrons. The van der Waals surface area contributed by atoms with E-state index in [1.165, 1.54) is 0 Å². The van der Waals surface area contributed by atoms with Crippen molar-refractivity contribution in [2.75, 3.05) is 0 Å². The van der Waals surface area contributed by atoms with E-state index >= 15 is 0 Å². The van der Waals surface area contributed by atoms with E-state index < -0.39 is 15.4 Å². The van der Waals surface area contributed by atoms with Gasteiger partial charge in [0.1, 0.15) is 5.75 Å². The largest absolute Gasteiger partial charge is 0.543 e. The molecule has 21 heavy (non-hydrogen) atoms. The second kappa shape index (κ2) is 5.30. The fourth-order valence-electron chi connectivity index (χ4n) is 2.05. The maximum absolute atomic E-state index is 6.24. The highest BCUT2D eigenvalue weighted by Crippen LogP contribution is 2.37. The number of benzene rings is 1. The van der Waals surface area contributed by atoms with E-state index in [-0.39, 0.29) is 11.2 Å². The van der Waals surface area contributed by atoms with Gasteiger partial charge in [0.05, 0.1) is 16.2 Å². The summed E-state index contributed by atoms with van der Waals surface area (Å²) in [5.41, 5.74) is 0.236. The van der Waals surface area contributed by atoms with Crippen molar-refractivity contribution in [3.8, 4) is 5.75 Å². The van der Waals surface area contributed by atoms with Crippen LogP contribution < -0.4 is 9.89 Å². The van der Waals surface area contributed by atoms with Gasteiger partial charge in [0, 0.05) is 0 Å². The van der Waals surface area contributed by atoms with Crippen molar-refractivity contribution in [1.82, 2.24) is 0 Å². The Balaban J connectivity index is 2.29. The number of hydrogen-bond acceptors (Lipinski definition) is 3. The minimum atomic E-state index is -1.71. The Hall–Kier alpha value is -0.488. The molecule has 0 aliphatic carbocycles. The molecular weight excluding hydrogens is 303 g/mol. The van der Waals surface area contributed by atoms with E-state index in [9.17, 15) is 0 Å². The van der Waals surface area contributed by atoms with Gasteiger partial charge in [-0.2, -0.15) is 0 Å². The molecule has 1 fully saturated rings. The average molecular weight is 327 g/mol. The molecule has 6 heteroatoms. The summed E-state index contributed by atoms with van der Waals surface area (Å²) in [7, 11) is -2.11. The Morgan fingerprint density at radius 2 is 1.57 bits per heavy atom. The predicted molar refractivity (Wildman–Crippen MR) is 91.1 cm³/mol. The minimum absolute atomic E-state index is 0.350. The first kappa shape index (κ1) is 16.9. The molecule has 0 bridgehead atoms. The molecule has 0 amide bonds. The zero-order valence-electron chi connectivity index (χ0n) is 13.9. The molecule has 1 saturated heterocycles. The molecule has 0 unspecified atom stereocenters. The minimum Gasteiger partial charge on any atom is -0.543 e. The highest BCUT2D eigenvalue weighted by atomic mass is 35.5. The van der Waals surface area contributed by atoms with Crippen molar-refractivity contribution in [2.24, 2.45) is 0 Å². The standard InChI is InChI=1S/C15H24BClO3Si/c1-14(2)15(3,4)20-16(19-14)11-8-9-12(17)13(10-11)18-21(5,6)7/h8-10H,1-7H3. The van der Waals surface area contributed by atoms with Crippen LogP contribution in [0.1, 0.15) is 27.7 Å². The van der Waals surface area contributed by atoms with E-state index in [1.54, 1.807) is 0 Å². The van der Waals surface area contributed by atoms with Crippen LogP contribution in [-0.4, -0.2) is 26.6 Å². The quantitative estimate of drug-likeness (QED) is 0.790. The Bertz CT molecular complexity index is 524. The van der Waals surface area contributed by atoms with Gasteiger partial charge in [0.25, 0.3) is 0 Å². The predicted octanol–water partition coefficient (Wildman–Crippen LogP) is 3.85. The maximum atomic E-state index is 6.24. The van der Waals surface area contributed by atoms with Crippen molar-refractivity contribution in [3.63, 3.8) is 0 Å². The molecule has 1 heterocycles. The van der Waals surface area contributed by atoms with Gasteiger partial charge in [-0.3, -0.25) is 0 Å². The van der Waals surface area contributed by atoms with Crippen LogP contribution in [0.3, 0.4) is 0 Å². The Labute approximate surface area is 134 Å². The summed E-state index contributed by atoms with van der Waals surface area (Å²) >= 11 is 6.24. The summed E-state index contributed by atoms with van der Waals surface area (Å²) in [6, 6.07) is 5.71. The normalized spacial score (nSPS) is 20.7. The molecule has 0 spiro atoms. The Morgan fingerprint density at radius 3 is 2.05 bits per heavy atom. The van der Waals surface area contributed by atoms with Crippen LogP contribution >= 0.6 is 11.6 Å². The molecule has 0 radical (unpaired) electrons. The summed E-state index contributed by atoms with van der Waals surface area (Å²) in [6.45, 7) is 14.6. The van der Waals surface area contributed by atoms with Gasteiger partial charge in [0.2, 0.25) is 8.32 Å². The summed E-state index contributed by atoms with van der Waals surface area (Å²) in [5.74, 6) is 0.711. The number of rotatable bonds is 3. The van der Waals surface area contributed by atoms with Gasteiger partial charge in [-0.25, -0.2) is 0 Å². The molecule has 1 aliphatic heterocycles. The zero-order chi connectivity index (χ0) is 16.1. The third-order valence-electron chi connectivity index (χ3n) is 3.90. The lowest BCUT2D eigenvalue weighted by atomic mass is 9.79. The van der Waals surface area contributed by atoms with E-state index in [0.29, 0.717) is 10.8 Å². The van der Waals surface area contributed by atoms with Crippen LogP contribution in [0.25, 0.3) is 0 Å². The van der Waals surface area contributed by atoms with Crippen molar-refractivity contribution in [3.05, 3.63) is 23.2 Å². The summed E-state index contributed by atoms with van der Waals surface area (Å²) in [6.07, 6.45) is 0. The molecule has 0 atom stereocenters. The van der Waals surface area contributed by atoms with E-state index in [4.69, 9.17) is 25.3 Å². The first-order valence-electron chi connectivity index (χ1n) is 7.25. The van der Waals surface area contributed by atoms with Crippen LogP contribution in [0, 0.1) is 0 Å². The average Bonchev–Trinajstić information content (AvgIpc) is 2.49. The van der Waals surface area contributed by atoms with Crippen LogP contribution in [-0.2, 0) is 9.31 Å². The summed E-state index contributed by atoms with van der Waals surface area (Å²) in [5, 5.41) is 0.623. The van der Waals surface area contributed by atoms with Crippen molar-refractivity contribution in [1.29, 1.82) is 0 Å². The summed E-state index contributed by atoms with van der Waals surface area (Å²) < 4.78 is 18.2. The molecule has 3 nitrogen and oxygen atoms in total.